The summed E-state index contributed by atoms with van der Waals surface area (Å²) in [6.45, 7) is 3.90. The molecule has 0 aliphatic carbocycles. The zero-order valence-corrected chi connectivity index (χ0v) is 15.8. The average molecular weight is 361 g/mol. The summed E-state index contributed by atoms with van der Waals surface area (Å²) in [5.41, 5.74) is 4.49. The Bertz CT molecular complexity index is 972. The van der Waals surface area contributed by atoms with Crippen molar-refractivity contribution < 1.29 is 9.59 Å². The summed E-state index contributed by atoms with van der Waals surface area (Å²) >= 11 is 0. The Morgan fingerprint density at radius 2 is 1.67 bits per heavy atom. The highest BCUT2D eigenvalue weighted by Gasteiger charge is 2.16. The lowest BCUT2D eigenvalue weighted by Crippen LogP contribution is -2.36. The van der Waals surface area contributed by atoms with Crippen LogP contribution < -0.4 is 5.32 Å². The fourth-order valence-electron chi connectivity index (χ4n) is 3.10. The van der Waals surface area contributed by atoms with E-state index >= 15 is 0 Å². The van der Waals surface area contributed by atoms with E-state index in [0.717, 1.165) is 33.3 Å². The van der Waals surface area contributed by atoms with Crippen molar-refractivity contribution in [3.63, 3.8) is 0 Å². The summed E-state index contributed by atoms with van der Waals surface area (Å²) in [5.74, 6) is -0.330. The molecule has 27 heavy (non-hydrogen) atoms. The first-order valence-corrected chi connectivity index (χ1v) is 8.88. The molecule has 5 heteroatoms. The summed E-state index contributed by atoms with van der Waals surface area (Å²) in [7, 11) is 1.64. The highest BCUT2D eigenvalue weighted by atomic mass is 16.2. The van der Waals surface area contributed by atoms with Gasteiger partial charge in [0, 0.05) is 24.3 Å². The monoisotopic (exact) mass is 361 g/mol. The molecule has 0 bridgehead atoms. The van der Waals surface area contributed by atoms with Crippen LogP contribution in [0.5, 0.6) is 0 Å². The molecule has 2 amide bonds. The number of hydrogen-bond acceptors (Lipinski definition) is 3. The first-order chi connectivity index (χ1) is 13.0. The van der Waals surface area contributed by atoms with Gasteiger partial charge in [-0.15, -0.1) is 0 Å². The molecule has 0 fully saturated rings. The molecule has 138 valence electrons. The van der Waals surface area contributed by atoms with Gasteiger partial charge >= 0.3 is 0 Å². The maximum atomic E-state index is 12.6. The Balaban J connectivity index is 1.66. The van der Waals surface area contributed by atoms with Crippen molar-refractivity contribution in [2.75, 3.05) is 18.9 Å². The van der Waals surface area contributed by atoms with Crippen LogP contribution in [0.2, 0.25) is 0 Å². The smallest absolute Gasteiger partial charge is 0.243 e. The van der Waals surface area contributed by atoms with E-state index in [1.165, 1.54) is 4.90 Å². The lowest BCUT2D eigenvalue weighted by atomic mass is 10.1. The Labute approximate surface area is 159 Å². The average Bonchev–Trinajstić information content (AvgIpc) is 2.65. The maximum Gasteiger partial charge on any atom is 0.243 e. The molecule has 3 rings (SSSR count). The molecule has 1 N–H and O–H groups in total. The molecule has 0 radical (unpaired) electrons. The highest BCUT2D eigenvalue weighted by Crippen LogP contribution is 2.19. The minimum Gasteiger partial charge on any atom is -0.336 e. The quantitative estimate of drug-likeness (QED) is 0.757. The second kappa shape index (κ2) is 7.99. The van der Waals surface area contributed by atoms with Crippen LogP contribution in [0.15, 0.2) is 54.7 Å². The van der Waals surface area contributed by atoms with Crippen LogP contribution in [0.3, 0.4) is 0 Å². The molecule has 0 saturated carbocycles. The number of hydrogen-bond donors (Lipinski definition) is 1. The molecular formula is C22H23N3O2. The molecular weight excluding hydrogens is 338 g/mol. The van der Waals surface area contributed by atoms with Crippen LogP contribution in [0.25, 0.3) is 10.9 Å². The predicted molar refractivity (Wildman–Crippen MR) is 108 cm³/mol. The minimum absolute atomic E-state index is 0.00476. The standard InChI is InChI=1S/C22H23N3O2/c1-15-7-4-8-16(2)21(15)24-19(26)14-25(3)20(27)13-18-10-5-9-17-11-6-12-23-22(17)18/h4-12H,13-14H2,1-3H3,(H,24,26). The summed E-state index contributed by atoms with van der Waals surface area (Å²) < 4.78 is 0. The van der Waals surface area contributed by atoms with Crippen LogP contribution in [0.1, 0.15) is 16.7 Å². The largest absolute Gasteiger partial charge is 0.336 e. The van der Waals surface area contributed by atoms with Gasteiger partial charge in [0.1, 0.15) is 0 Å². The van der Waals surface area contributed by atoms with Gasteiger partial charge in [0.25, 0.3) is 0 Å². The van der Waals surface area contributed by atoms with Crippen molar-refractivity contribution in [2.24, 2.45) is 0 Å². The number of nitrogens with zero attached hydrogens (tertiary/aromatic N) is 2. The molecule has 1 aromatic heterocycles. The van der Waals surface area contributed by atoms with Gasteiger partial charge in [-0.05, 0) is 36.6 Å². The van der Waals surface area contributed by atoms with E-state index in [-0.39, 0.29) is 24.8 Å². The number of fused-ring (bicyclic) bond motifs is 1. The fraction of sp³-hybridized carbons (Fsp3) is 0.227. The second-order valence-electron chi connectivity index (χ2n) is 6.73. The molecule has 0 aliphatic heterocycles. The first-order valence-electron chi connectivity index (χ1n) is 8.88. The maximum absolute atomic E-state index is 12.6. The predicted octanol–water partition coefficient (Wildman–Crippen LogP) is 3.49. The van der Waals surface area contributed by atoms with Crippen molar-refractivity contribution in [3.05, 3.63) is 71.4 Å². The van der Waals surface area contributed by atoms with Gasteiger partial charge in [-0.2, -0.15) is 0 Å². The zero-order chi connectivity index (χ0) is 19.4. The lowest BCUT2D eigenvalue weighted by Gasteiger charge is -2.18. The Morgan fingerprint density at radius 3 is 2.41 bits per heavy atom. The number of para-hydroxylation sites is 2. The number of aryl methyl sites for hydroxylation is 2. The number of aromatic nitrogens is 1. The van der Waals surface area contributed by atoms with Gasteiger partial charge in [-0.3, -0.25) is 14.6 Å². The van der Waals surface area contributed by atoms with Gasteiger partial charge in [0.15, 0.2) is 0 Å². The SMILES string of the molecule is Cc1cccc(C)c1NC(=O)CN(C)C(=O)Cc1cccc2cccnc12. The number of nitrogens with one attached hydrogen (secondary N) is 1. The number of amides is 2. The third-order valence-corrected chi connectivity index (χ3v) is 4.61. The zero-order valence-electron chi connectivity index (χ0n) is 15.8. The third kappa shape index (κ3) is 4.31. The molecule has 0 saturated heterocycles. The Kier molecular flexibility index (Phi) is 5.50. The minimum atomic E-state index is -0.209. The van der Waals surface area contributed by atoms with Crippen molar-refractivity contribution in [1.29, 1.82) is 0 Å². The number of rotatable bonds is 5. The summed E-state index contributed by atoms with van der Waals surface area (Å²) in [6, 6.07) is 15.5. The van der Waals surface area contributed by atoms with Crippen LogP contribution in [0.4, 0.5) is 5.69 Å². The van der Waals surface area contributed by atoms with Crippen LogP contribution in [0, 0.1) is 13.8 Å². The van der Waals surface area contributed by atoms with E-state index < -0.39 is 0 Å². The molecule has 0 atom stereocenters. The van der Waals surface area contributed by atoms with Crippen molar-refractivity contribution in [3.8, 4) is 0 Å². The Morgan fingerprint density at radius 1 is 1.00 bits per heavy atom. The van der Waals surface area contributed by atoms with E-state index in [4.69, 9.17) is 0 Å². The van der Waals surface area contributed by atoms with E-state index in [1.54, 1.807) is 13.2 Å². The molecule has 0 unspecified atom stereocenters. The summed E-state index contributed by atoms with van der Waals surface area (Å²) in [4.78, 5) is 30.8. The fourth-order valence-corrected chi connectivity index (χ4v) is 3.10. The normalized spacial score (nSPS) is 10.6. The highest BCUT2D eigenvalue weighted by molar-refractivity contribution is 5.96. The lowest BCUT2D eigenvalue weighted by molar-refractivity contribution is -0.132. The van der Waals surface area contributed by atoms with Gasteiger partial charge in [-0.1, -0.05) is 42.5 Å². The van der Waals surface area contributed by atoms with E-state index in [1.807, 2.05) is 62.4 Å². The first kappa shape index (κ1) is 18.6. The van der Waals surface area contributed by atoms with Crippen molar-refractivity contribution >= 4 is 28.4 Å². The van der Waals surface area contributed by atoms with Crippen LogP contribution in [-0.4, -0.2) is 35.3 Å². The molecule has 0 spiro atoms. The molecule has 2 aromatic carbocycles. The number of anilines is 1. The van der Waals surface area contributed by atoms with Gasteiger partial charge in [0.2, 0.25) is 11.8 Å². The summed E-state index contributed by atoms with van der Waals surface area (Å²) in [6.07, 6.45) is 1.93. The van der Waals surface area contributed by atoms with E-state index in [0.29, 0.717) is 0 Å². The second-order valence-corrected chi connectivity index (χ2v) is 6.73. The topological polar surface area (TPSA) is 62.3 Å². The van der Waals surface area contributed by atoms with Gasteiger partial charge in [-0.25, -0.2) is 0 Å². The molecule has 1 heterocycles. The number of likely N-dealkylation sites (N-methyl/N-ethyl adjacent to an activating group) is 1. The third-order valence-electron chi connectivity index (χ3n) is 4.61. The van der Waals surface area contributed by atoms with Crippen molar-refractivity contribution in [2.45, 2.75) is 20.3 Å². The van der Waals surface area contributed by atoms with Gasteiger partial charge < -0.3 is 10.2 Å². The van der Waals surface area contributed by atoms with Crippen LogP contribution in [-0.2, 0) is 16.0 Å². The molecule has 5 nitrogen and oxygen atoms in total. The number of benzene rings is 2. The number of carbonyl (C=O) groups is 2. The van der Waals surface area contributed by atoms with Crippen molar-refractivity contribution in [1.82, 2.24) is 9.88 Å². The van der Waals surface area contributed by atoms with Gasteiger partial charge in [0.05, 0.1) is 18.5 Å². The molecule has 3 aromatic rings. The Hall–Kier alpha value is -3.21. The number of carbonyl (C=O) groups excluding carboxylic acids is 2. The molecule has 0 aliphatic rings. The van der Waals surface area contributed by atoms with Crippen LogP contribution >= 0.6 is 0 Å². The summed E-state index contributed by atoms with van der Waals surface area (Å²) in [5, 5.41) is 3.91. The van der Waals surface area contributed by atoms with E-state index in [2.05, 4.69) is 10.3 Å². The van der Waals surface area contributed by atoms with E-state index in [9.17, 15) is 9.59 Å². The number of pyridine rings is 1.